The summed E-state index contributed by atoms with van der Waals surface area (Å²) in [5.74, 6) is 0.157. The molecule has 0 bridgehead atoms. The van der Waals surface area contributed by atoms with E-state index in [0.717, 1.165) is 45.1 Å². The standard InChI is InChI=1S/C13H25NO2/c1-4-6-8-13(9-7-5-2)14(12(3)15)10-11-16-13/h4-11H2,1-3H3. The Balaban J connectivity index is 2.70. The molecule has 94 valence electrons. The maximum Gasteiger partial charge on any atom is 0.221 e. The van der Waals surface area contributed by atoms with Gasteiger partial charge in [0.2, 0.25) is 5.91 Å². The number of amides is 1. The Kier molecular flexibility index (Phi) is 5.26. The van der Waals surface area contributed by atoms with Gasteiger partial charge in [0.1, 0.15) is 5.72 Å². The van der Waals surface area contributed by atoms with Crippen molar-refractivity contribution in [3.8, 4) is 0 Å². The molecule has 1 aliphatic heterocycles. The van der Waals surface area contributed by atoms with Crippen LogP contribution in [0.2, 0.25) is 0 Å². The van der Waals surface area contributed by atoms with Gasteiger partial charge in [0.15, 0.2) is 0 Å². The fourth-order valence-corrected chi connectivity index (χ4v) is 2.50. The van der Waals surface area contributed by atoms with Crippen LogP contribution in [0.3, 0.4) is 0 Å². The highest BCUT2D eigenvalue weighted by Crippen LogP contribution is 2.34. The van der Waals surface area contributed by atoms with Crippen molar-refractivity contribution in [2.75, 3.05) is 13.2 Å². The largest absolute Gasteiger partial charge is 0.354 e. The molecule has 16 heavy (non-hydrogen) atoms. The number of carbonyl (C=O) groups excluding carboxylic acids is 1. The first-order chi connectivity index (χ1) is 7.66. The van der Waals surface area contributed by atoms with Crippen LogP contribution in [0.15, 0.2) is 0 Å². The zero-order chi connectivity index (χ0) is 12.0. The third-order valence-corrected chi connectivity index (χ3v) is 3.40. The van der Waals surface area contributed by atoms with Crippen LogP contribution in [-0.2, 0) is 9.53 Å². The van der Waals surface area contributed by atoms with Crippen LogP contribution in [0.5, 0.6) is 0 Å². The Morgan fingerprint density at radius 3 is 2.25 bits per heavy atom. The molecular formula is C13H25NO2. The summed E-state index contributed by atoms with van der Waals surface area (Å²) in [6.07, 6.45) is 6.55. The van der Waals surface area contributed by atoms with Gasteiger partial charge in [-0.15, -0.1) is 0 Å². The van der Waals surface area contributed by atoms with Crippen LogP contribution in [-0.4, -0.2) is 29.7 Å². The minimum atomic E-state index is -0.280. The summed E-state index contributed by atoms with van der Waals surface area (Å²) in [5.41, 5.74) is -0.280. The van der Waals surface area contributed by atoms with E-state index in [1.807, 2.05) is 4.90 Å². The summed E-state index contributed by atoms with van der Waals surface area (Å²) in [6.45, 7) is 7.48. The third kappa shape index (κ3) is 2.97. The summed E-state index contributed by atoms with van der Waals surface area (Å²) in [5, 5.41) is 0. The Morgan fingerprint density at radius 2 is 1.81 bits per heavy atom. The van der Waals surface area contributed by atoms with Gasteiger partial charge in [0, 0.05) is 13.5 Å². The van der Waals surface area contributed by atoms with Gasteiger partial charge in [0.25, 0.3) is 0 Å². The first kappa shape index (κ1) is 13.5. The van der Waals surface area contributed by atoms with Gasteiger partial charge >= 0.3 is 0 Å². The Hall–Kier alpha value is -0.570. The lowest BCUT2D eigenvalue weighted by atomic mass is 9.98. The van der Waals surface area contributed by atoms with E-state index in [9.17, 15) is 4.79 Å². The van der Waals surface area contributed by atoms with Crippen molar-refractivity contribution in [1.82, 2.24) is 4.90 Å². The second-order valence-electron chi connectivity index (χ2n) is 4.67. The predicted octanol–water partition coefficient (Wildman–Crippen LogP) is 2.94. The fourth-order valence-electron chi connectivity index (χ4n) is 2.50. The highest BCUT2D eigenvalue weighted by Gasteiger charge is 2.42. The highest BCUT2D eigenvalue weighted by molar-refractivity contribution is 5.74. The van der Waals surface area contributed by atoms with E-state index in [2.05, 4.69) is 13.8 Å². The molecule has 1 rings (SSSR count). The molecule has 0 spiro atoms. The van der Waals surface area contributed by atoms with Crippen molar-refractivity contribution >= 4 is 5.91 Å². The van der Waals surface area contributed by atoms with E-state index in [4.69, 9.17) is 4.74 Å². The zero-order valence-electron chi connectivity index (χ0n) is 10.9. The molecule has 0 N–H and O–H groups in total. The van der Waals surface area contributed by atoms with Crippen LogP contribution in [0.25, 0.3) is 0 Å². The lowest BCUT2D eigenvalue weighted by Gasteiger charge is -2.37. The first-order valence-electron chi connectivity index (χ1n) is 6.58. The van der Waals surface area contributed by atoms with Crippen LogP contribution in [0.1, 0.15) is 59.3 Å². The number of ether oxygens (including phenoxy) is 1. The molecular weight excluding hydrogens is 202 g/mol. The molecule has 1 aliphatic rings. The van der Waals surface area contributed by atoms with E-state index in [1.165, 1.54) is 0 Å². The normalized spacial score (nSPS) is 19.1. The van der Waals surface area contributed by atoms with Gasteiger partial charge in [-0.3, -0.25) is 4.79 Å². The maximum atomic E-state index is 11.6. The van der Waals surface area contributed by atoms with Gasteiger partial charge in [-0.05, 0) is 25.7 Å². The Bertz CT molecular complexity index is 220. The number of rotatable bonds is 6. The maximum absolute atomic E-state index is 11.6. The Labute approximate surface area is 99.1 Å². The average Bonchev–Trinajstić information content (AvgIpc) is 2.68. The zero-order valence-corrected chi connectivity index (χ0v) is 10.9. The second-order valence-corrected chi connectivity index (χ2v) is 4.67. The van der Waals surface area contributed by atoms with E-state index < -0.39 is 0 Å². The molecule has 3 heteroatoms. The van der Waals surface area contributed by atoms with Gasteiger partial charge in [-0.25, -0.2) is 0 Å². The van der Waals surface area contributed by atoms with Crippen LogP contribution in [0, 0.1) is 0 Å². The fraction of sp³-hybridized carbons (Fsp3) is 0.923. The SMILES string of the molecule is CCCCC1(CCCC)OCCN1C(C)=O. The van der Waals surface area contributed by atoms with Gasteiger partial charge in [-0.1, -0.05) is 26.7 Å². The van der Waals surface area contributed by atoms with Crippen LogP contribution in [0.4, 0.5) is 0 Å². The molecule has 0 saturated carbocycles. The van der Waals surface area contributed by atoms with Crippen molar-refractivity contribution in [2.45, 2.75) is 65.0 Å². The second kappa shape index (κ2) is 6.24. The molecule has 1 amide bonds. The Morgan fingerprint density at radius 1 is 1.25 bits per heavy atom. The number of nitrogens with zero attached hydrogens (tertiary/aromatic N) is 1. The molecule has 1 heterocycles. The molecule has 0 radical (unpaired) electrons. The van der Waals surface area contributed by atoms with Gasteiger partial charge in [0.05, 0.1) is 6.61 Å². The molecule has 0 aromatic rings. The summed E-state index contributed by atoms with van der Waals surface area (Å²) < 4.78 is 5.92. The lowest BCUT2D eigenvalue weighted by Crippen LogP contribution is -2.47. The number of hydrogen-bond acceptors (Lipinski definition) is 2. The highest BCUT2D eigenvalue weighted by atomic mass is 16.5. The number of unbranched alkanes of at least 4 members (excludes halogenated alkanes) is 2. The summed E-state index contributed by atoms with van der Waals surface area (Å²) in [6, 6.07) is 0. The minimum absolute atomic E-state index is 0.157. The third-order valence-electron chi connectivity index (χ3n) is 3.40. The van der Waals surface area contributed by atoms with E-state index in [-0.39, 0.29) is 11.6 Å². The van der Waals surface area contributed by atoms with Crippen LogP contribution < -0.4 is 0 Å². The average molecular weight is 227 g/mol. The van der Waals surface area contributed by atoms with Crippen molar-refractivity contribution in [2.24, 2.45) is 0 Å². The lowest BCUT2D eigenvalue weighted by molar-refractivity contribution is -0.150. The molecule has 0 unspecified atom stereocenters. The van der Waals surface area contributed by atoms with Crippen LogP contribution >= 0.6 is 0 Å². The molecule has 0 aromatic carbocycles. The van der Waals surface area contributed by atoms with E-state index in [1.54, 1.807) is 6.92 Å². The topological polar surface area (TPSA) is 29.5 Å². The van der Waals surface area contributed by atoms with E-state index in [0.29, 0.717) is 6.61 Å². The number of hydrogen-bond donors (Lipinski definition) is 0. The van der Waals surface area contributed by atoms with Crippen molar-refractivity contribution < 1.29 is 9.53 Å². The van der Waals surface area contributed by atoms with Gasteiger partial charge < -0.3 is 9.64 Å². The molecule has 0 aliphatic carbocycles. The smallest absolute Gasteiger partial charge is 0.221 e. The molecule has 0 atom stereocenters. The molecule has 1 fully saturated rings. The van der Waals surface area contributed by atoms with E-state index >= 15 is 0 Å². The summed E-state index contributed by atoms with van der Waals surface area (Å²) in [4.78, 5) is 13.6. The number of carbonyl (C=O) groups is 1. The molecule has 3 nitrogen and oxygen atoms in total. The van der Waals surface area contributed by atoms with Crippen molar-refractivity contribution in [1.29, 1.82) is 0 Å². The summed E-state index contributed by atoms with van der Waals surface area (Å²) in [7, 11) is 0. The van der Waals surface area contributed by atoms with Crippen molar-refractivity contribution in [3.05, 3.63) is 0 Å². The minimum Gasteiger partial charge on any atom is -0.354 e. The predicted molar refractivity (Wildman–Crippen MR) is 65.1 cm³/mol. The monoisotopic (exact) mass is 227 g/mol. The first-order valence-corrected chi connectivity index (χ1v) is 6.58. The molecule has 0 aromatic heterocycles. The summed E-state index contributed by atoms with van der Waals surface area (Å²) >= 11 is 0. The van der Waals surface area contributed by atoms with Gasteiger partial charge in [-0.2, -0.15) is 0 Å². The van der Waals surface area contributed by atoms with Crippen molar-refractivity contribution in [3.63, 3.8) is 0 Å². The molecule has 1 saturated heterocycles. The quantitative estimate of drug-likeness (QED) is 0.698.